The highest BCUT2D eigenvalue weighted by Crippen LogP contribution is 2.44. The van der Waals surface area contributed by atoms with Crippen LogP contribution in [0.1, 0.15) is 88.3 Å². The van der Waals surface area contributed by atoms with Crippen LogP contribution < -0.4 is 5.32 Å². The van der Waals surface area contributed by atoms with Crippen molar-refractivity contribution in [2.45, 2.75) is 89.3 Å². The Balaban J connectivity index is 1.38. The number of hydrogen-bond donors (Lipinski definition) is 1. The zero-order valence-corrected chi connectivity index (χ0v) is 15.4. The molecule has 2 heterocycles. The van der Waals surface area contributed by atoms with E-state index < -0.39 is 0 Å². The van der Waals surface area contributed by atoms with Gasteiger partial charge in [0, 0.05) is 12.0 Å². The van der Waals surface area contributed by atoms with Crippen molar-refractivity contribution in [2.24, 2.45) is 0 Å². The summed E-state index contributed by atoms with van der Waals surface area (Å²) in [6.07, 6.45) is 10.6. The summed E-state index contributed by atoms with van der Waals surface area (Å²) in [6, 6.07) is 0.619. The average molecular weight is 345 g/mol. The first-order chi connectivity index (χ1) is 12.3. The number of likely N-dealkylation sites (tertiary alicyclic amines) is 1. The van der Waals surface area contributed by atoms with E-state index in [1.165, 1.54) is 44.9 Å². The van der Waals surface area contributed by atoms with Crippen LogP contribution in [0.4, 0.5) is 0 Å². The molecule has 6 heteroatoms. The average Bonchev–Trinajstić information content (AvgIpc) is 3.57. The van der Waals surface area contributed by atoms with Crippen LogP contribution in [-0.4, -0.2) is 44.7 Å². The molecule has 0 unspecified atom stereocenters. The molecular weight excluding hydrogens is 314 g/mol. The van der Waals surface area contributed by atoms with Crippen LogP contribution in [0.15, 0.2) is 0 Å². The number of nitrogens with zero attached hydrogens (tertiary/aromatic N) is 4. The molecular formula is C19H31N5O. The van der Waals surface area contributed by atoms with Gasteiger partial charge in [-0.15, -0.1) is 10.2 Å². The van der Waals surface area contributed by atoms with Crippen molar-refractivity contribution in [3.05, 3.63) is 11.6 Å². The number of rotatable bonds is 8. The normalized spacial score (nSPS) is 24.4. The predicted octanol–water partition coefficient (Wildman–Crippen LogP) is 2.76. The molecule has 25 heavy (non-hydrogen) atoms. The number of hydrogen-bond acceptors (Lipinski definition) is 4. The van der Waals surface area contributed by atoms with E-state index in [1.54, 1.807) is 0 Å². The van der Waals surface area contributed by atoms with Crippen molar-refractivity contribution in [3.8, 4) is 0 Å². The summed E-state index contributed by atoms with van der Waals surface area (Å²) < 4.78 is 2.33. The smallest absolute Gasteiger partial charge is 0.237 e. The van der Waals surface area contributed by atoms with Crippen molar-refractivity contribution < 1.29 is 4.79 Å². The summed E-state index contributed by atoms with van der Waals surface area (Å²) in [7, 11) is 0. The number of aromatic nitrogens is 3. The largest absolute Gasteiger partial charge is 0.347 e. The van der Waals surface area contributed by atoms with Gasteiger partial charge in [0.1, 0.15) is 5.82 Å². The SMILES string of the molecule is CCCCN1CCCC[C@H]1C(=O)NCc1nnc(C2CC2)n1C1CC1. The van der Waals surface area contributed by atoms with Gasteiger partial charge < -0.3 is 9.88 Å². The Morgan fingerprint density at radius 2 is 2.00 bits per heavy atom. The maximum absolute atomic E-state index is 12.8. The first-order valence-electron chi connectivity index (χ1n) is 10.2. The first kappa shape index (κ1) is 17.0. The standard InChI is InChI=1S/C19H31N5O/c1-2-3-11-23-12-5-4-6-16(23)19(25)20-13-17-21-22-18(14-7-8-14)24(17)15-9-10-15/h14-16H,2-13H2,1H3,(H,20,25)/t16-/m0/s1. The van der Waals surface area contributed by atoms with Gasteiger partial charge in [0.15, 0.2) is 5.82 Å². The molecule has 0 spiro atoms. The van der Waals surface area contributed by atoms with Gasteiger partial charge in [0.05, 0.1) is 12.6 Å². The number of amides is 1. The molecule has 6 nitrogen and oxygen atoms in total. The molecule has 1 aromatic rings. The Labute approximate surface area is 150 Å². The maximum Gasteiger partial charge on any atom is 0.237 e. The molecule has 3 aliphatic rings. The third-order valence-corrected chi connectivity index (χ3v) is 5.78. The Morgan fingerprint density at radius 3 is 2.72 bits per heavy atom. The minimum absolute atomic E-state index is 0.0421. The lowest BCUT2D eigenvalue weighted by Crippen LogP contribution is -2.49. The number of nitrogens with one attached hydrogen (secondary N) is 1. The Morgan fingerprint density at radius 1 is 1.16 bits per heavy atom. The van der Waals surface area contributed by atoms with Crippen molar-refractivity contribution in [1.29, 1.82) is 0 Å². The molecule has 0 aromatic carbocycles. The molecule has 2 aliphatic carbocycles. The van der Waals surface area contributed by atoms with Gasteiger partial charge in [0.2, 0.25) is 5.91 Å². The lowest BCUT2D eigenvalue weighted by molar-refractivity contribution is -0.127. The Kier molecular flexibility index (Phi) is 5.06. The Bertz CT molecular complexity index is 605. The molecule has 1 aliphatic heterocycles. The van der Waals surface area contributed by atoms with Gasteiger partial charge >= 0.3 is 0 Å². The highest BCUT2D eigenvalue weighted by atomic mass is 16.2. The fraction of sp³-hybridized carbons (Fsp3) is 0.842. The van der Waals surface area contributed by atoms with Gasteiger partial charge in [-0.25, -0.2) is 0 Å². The van der Waals surface area contributed by atoms with Crippen LogP contribution in [0.3, 0.4) is 0 Å². The molecule has 1 amide bonds. The molecule has 1 N–H and O–H groups in total. The molecule has 138 valence electrons. The monoisotopic (exact) mass is 345 g/mol. The van der Waals surface area contributed by atoms with Gasteiger partial charge in [-0.05, 0) is 58.0 Å². The van der Waals surface area contributed by atoms with Crippen molar-refractivity contribution in [1.82, 2.24) is 25.0 Å². The third-order valence-electron chi connectivity index (χ3n) is 5.78. The van der Waals surface area contributed by atoms with E-state index >= 15 is 0 Å². The van der Waals surface area contributed by atoms with Crippen LogP contribution in [0, 0.1) is 0 Å². The van der Waals surface area contributed by atoms with E-state index in [2.05, 4.69) is 31.9 Å². The summed E-state index contributed by atoms with van der Waals surface area (Å²) >= 11 is 0. The number of carbonyl (C=O) groups is 1. The van der Waals surface area contributed by atoms with Crippen LogP contribution in [0.5, 0.6) is 0 Å². The van der Waals surface area contributed by atoms with Gasteiger partial charge in [0.25, 0.3) is 0 Å². The molecule has 3 fully saturated rings. The van der Waals surface area contributed by atoms with Crippen molar-refractivity contribution >= 4 is 5.91 Å². The van der Waals surface area contributed by atoms with E-state index in [9.17, 15) is 4.79 Å². The zero-order valence-electron chi connectivity index (χ0n) is 15.4. The molecule has 1 saturated heterocycles. The minimum atomic E-state index is 0.0421. The molecule has 0 radical (unpaired) electrons. The van der Waals surface area contributed by atoms with E-state index in [1.807, 2.05) is 0 Å². The Hall–Kier alpha value is -1.43. The lowest BCUT2D eigenvalue weighted by atomic mass is 10.0. The van der Waals surface area contributed by atoms with E-state index in [4.69, 9.17) is 0 Å². The van der Waals surface area contributed by atoms with Crippen LogP contribution in [0.25, 0.3) is 0 Å². The second-order valence-electron chi connectivity index (χ2n) is 7.97. The van der Waals surface area contributed by atoms with Crippen LogP contribution >= 0.6 is 0 Å². The van der Waals surface area contributed by atoms with E-state index in [0.29, 0.717) is 18.5 Å². The summed E-state index contributed by atoms with van der Waals surface area (Å²) in [5, 5.41) is 12.0. The fourth-order valence-corrected chi connectivity index (χ4v) is 4.01. The predicted molar refractivity (Wildman–Crippen MR) is 96.2 cm³/mol. The molecule has 1 atom stereocenters. The van der Waals surface area contributed by atoms with Crippen LogP contribution in [0.2, 0.25) is 0 Å². The number of carbonyl (C=O) groups excluding carboxylic acids is 1. The topological polar surface area (TPSA) is 63.1 Å². The zero-order chi connectivity index (χ0) is 17.2. The molecule has 2 saturated carbocycles. The third kappa shape index (κ3) is 3.89. The maximum atomic E-state index is 12.8. The van der Waals surface area contributed by atoms with Crippen molar-refractivity contribution in [2.75, 3.05) is 13.1 Å². The molecule has 0 bridgehead atoms. The van der Waals surface area contributed by atoms with E-state index in [-0.39, 0.29) is 11.9 Å². The summed E-state index contributed by atoms with van der Waals surface area (Å²) in [4.78, 5) is 15.2. The second-order valence-corrected chi connectivity index (χ2v) is 7.97. The van der Waals surface area contributed by atoms with Gasteiger partial charge in [-0.1, -0.05) is 19.8 Å². The minimum Gasteiger partial charge on any atom is -0.347 e. The van der Waals surface area contributed by atoms with Crippen molar-refractivity contribution in [3.63, 3.8) is 0 Å². The first-order valence-corrected chi connectivity index (χ1v) is 10.2. The molecule has 1 aromatic heterocycles. The fourth-order valence-electron chi connectivity index (χ4n) is 4.01. The highest BCUT2D eigenvalue weighted by molar-refractivity contribution is 5.81. The highest BCUT2D eigenvalue weighted by Gasteiger charge is 2.36. The summed E-state index contributed by atoms with van der Waals surface area (Å²) in [5.41, 5.74) is 0. The van der Waals surface area contributed by atoms with E-state index in [0.717, 1.165) is 37.6 Å². The lowest BCUT2D eigenvalue weighted by Gasteiger charge is -2.34. The quantitative estimate of drug-likeness (QED) is 0.787. The van der Waals surface area contributed by atoms with Gasteiger partial charge in [-0.3, -0.25) is 9.69 Å². The number of piperidine rings is 1. The van der Waals surface area contributed by atoms with Crippen LogP contribution in [-0.2, 0) is 11.3 Å². The van der Waals surface area contributed by atoms with Gasteiger partial charge in [-0.2, -0.15) is 0 Å². The molecule has 4 rings (SSSR count). The second kappa shape index (κ2) is 7.44. The summed E-state index contributed by atoms with van der Waals surface area (Å²) in [5.74, 6) is 2.90. The summed E-state index contributed by atoms with van der Waals surface area (Å²) in [6.45, 7) is 4.83. The number of unbranched alkanes of at least 4 members (excludes halogenated alkanes) is 1.